The Morgan fingerprint density at radius 3 is 2.65 bits per heavy atom. The Kier molecular flexibility index (Phi) is 6.58. The molecule has 0 bridgehead atoms. The van der Waals surface area contributed by atoms with Crippen molar-refractivity contribution in [1.29, 1.82) is 0 Å². The molecule has 0 fully saturated rings. The van der Waals surface area contributed by atoms with Gasteiger partial charge in [0.25, 0.3) is 0 Å². The van der Waals surface area contributed by atoms with Gasteiger partial charge < -0.3 is 10.5 Å². The summed E-state index contributed by atoms with van der Waals surface area (Å²) in [7, 11) is 0.853. The van der Waals surface area contributed by atoms with Gasteiger partial charge in [-0.25, -0.2) is 0 Å². The Morgan fingerprint density at radius 2 is 2.06 bits per heavy atom. The largest absolute Gasteiger partial charge is 0.497 e. The van der Waals surface area contributed by atoms with Crippen LogP contribution in [0, 0.1) is 0 Å². The molecule has 0 aliphatic carbocycles. The first kappa shape index (κ1) is 13.9. The molecule has 0 heterocycles. The highest BCUT2D eigenvalue weighted by Crippen LogP contribution is 2.12. The summed E-state index contributed by atoms with van der Waals surface area (Å²) in [6.45, 7) is 0.605. The first-order valence-electron chi connectivity index (χ1n) is 5.62. The fraction of sp³-hybridized carbons (Fsp3) is 0.385. The average Bonchev–Trinajstić information content (AvgIpc) is 2.37. The number of methoxy groups -OCH3 is 1. The van der Waals surface area contributed by atoms with Gasteiger partial charge in [-0.1, -0.05) is 24.3 Å². The summed E-state index contributed by atoms with van der Waals surface area (Å²) in [5, 5.41) is 0. The molecule has 3 nitrogen and oxygen atoms in total. The van der Waals surface area contributed by atoms with E-state index in [2.05, 4.69) is 0 Å². The van der Waals surface area contributed by atoms with Gasteiger partial charge in [0.1, 0.15) is 5.75 Å². The van der Waals surface area contributed by atoms with Gasteiger partial charge in [-0.15, -0.1) is 0 Å². The van der Waals surface area contributed by atoms with E-state index in [1.54, 1.807) is 7.11 Å². The quantitative estimate of drug-likeness (QED) is 0.806. The summed E-state index contributed by atoms with van der Waals surface area (Å²) in [6, 6.07) is 7.76. The molecule has 0 spiro atoms. The summed E-state index contributed by atoms with van der Waals surface area (Å²) in [5.74, 6) is 2.11. The number of nitrogens with two attached hydrogens (primary N) is 1. The SMILES string of the molecule is COc1ccc(/C=C/CS(=O)CCCN)cc1. The molecule has 1 rings (SSSR count). The zero-order valence-electron chi connectivity index (χ0n) is 10.1. The van der Waals surface area contributed by atoms with Crippen molar-refractivity contribution in [2.24, 2.45) is 5.73 Å². The molecule has 0 aliphatic rings. The van der Waals surface area contributed by atoms with Crippen molar-refractivity contribution < 1.29 is 8.95 Å². The molecule has 4 heteroatoms. The van der Waals surface area contributed by atoms with Gasteiger partial charge in [-0.05, 0) is 30.7 Å². The molecular weight excluding hydrogens is 234 g/mol. The maximum Gasteiger partial charge on any atom is 0.118 e. The van der Waals surface area contributed by atoms with Gasteiger partial charge in [0.05, 0.1) is 7.11 Å². The predicted octanol–water partition coefficient (Wildman–Crippen LogP) is 1.81. The standard InChI is InChI=1S/C13H19NO2S/c1-16-13-7-5-12(6-8-13)4-2-10-17(15)11-3-9-14/h2,4-8H,3,9-11,14H2,1H3/b4-2+. The van der Waals surface area contributed by atoms with Crippen molar-refractivity contribution >= 4 is 16.9 Å². The van der Waals surface area contributed by atoms with Gasteiger partial charge in [-0.2, -0.15) is 0 Å². The summed E-state index contributed by atoms with van der Waals surface area (Å²) in [6.07, 6.45) is 4.73. The lowest BCUT2D eigenvalue weighted by Crippen LogP contribution is -2.07. The van der Waals surface area contributed by atoms with Crippen LogP contribution in [-0.4, -0.2) is 29.4 Å². The van der Waals surface area contributed by atoms with Gasteiger partial charge in [0.15, 0.2) is 0 Å². The molecule has 0 saturated carbocycles. The summed E-state index contributed by atoms with van der Waals surface area (Å²) in [4.78, 5) is 0. The molecule has 0 amide bonds. The van der Waals surface area contributed by atoms with Crippen molar-refractivity contribution in [3.05, 3.63) is 35.9 Å². The van der Waals surface area contributed by atoms with E-state index in [1.807, 2.05) is 36.4 Å². The van der Waals surface area contributed by atoms with Crippen LogP contribution in [0.3, 0.4) is 0 Å². The van der Waals surface area contributed by atoms with E-state index < -0.39 is 10.8 Å². The number of benzene rings is 1. The van der Waals surface area contributed by atoms with E-state index in [1.165, 1.54) is 0 Å². The zero-order chi connectivity index (χ0) is 12.5. The van der Waals surface area contributed by atoms with Crippen LogP contribution in [0.5, 0.6) is 5.75 Å². The topological polar surface area (TPSA) is 52.3 Å². The monoisotopic (exact) mass is 253 g/mol. The fourth-order valence-electron chi connectivity index (χ4n) is 1.33. The van der Waals surface area contributed by atoms with E-state index in [-0.39, 0.29) is 0 Å². The second kappa shape index (κ2) is 8.03. The maximum absolute atomic E-state index is 11.5. The van der Waals surface area contributed by atoms with Crippen LogP contribution in [-0.2, 0) is 10.8 Å². The summed E-state index contributed by atoms with van der Waals surface area (Å²) >= 11 is 0. The molecule has 0 aliphatic heterocycles. The number of ether oxygens (including phenoxy) is 1. The lowest BCUT2D eigenvalue weighted by atomic mass is 10.2. The van der Waals surface area contributed by atoms with E-state index in [4.69, 9.17) is 10.5 Å². The smallest absolute Gasteiger partial charge is 0.118 e. The summed E-state index contributed by atoms with van der Waals surface area (Å²) in [5.41, 5.74) is 6.44. The minimum Gasteiger partial charge on any atom is -0.497 e. The molecule has 0 aromatic heterocycles. The van der Waals surface area contributed by atoms with Crippen LogP contribution in [0.4, 0.5) is 0 Å². The minimum atomic E-state index is -0.791. The molecule has 17 heavy (non-hydrogen) atoms. The third-order valence-electron chi connectivity index (χ3n) is 2.28. The lowest BCUT2D eigenvalue weighted by Gasteiger charge is -1.99. The zero-order valence-corrected chi connectivity index (χ0v) is 10.9. The van der Waals surface area contributed by atoms with Crippen LogP contribution < -0.4 is 10.5 Å². The van der Waals surface area contributed by atoms with E-state index in [0.29, 0.717) is 18.1 Å². The number of hydrogen-bond acceptors (Lipinski definition) is 3. The van der Waals surface area contributed by atoms with E-state index in [0.717, 1.165) is 17.7 Å². The first-order valence-corrected chi connectivity index (χ1v) is 7.10. The lowest BCUT2D eigenvalue weighted by molar-refractivity contribution is 0.415. The van der Waals surface area contributed by atoms with Gasteiger partial charge >= 0.3 is 0 Å². The third-order valence-corrected chi connectivity index (χ3v) is 3.59. The molecule has 1 atom stereocenters. The van der Waals surface area contributed by atoms with E-state index in [9.17, 15) is 4.21 Å². The third kappa shape index (κ3) is 5.65. The maximum atomic E-state index is 11.5. The van der Waals surface area contributed by atoms with Gasteiger partial charge in [0.2, 0.25) is 0 Å². The molecule has 1 aromatic carbocycles. The van der Waals surface area contributed by atoms with Crippen molar-refractivity contribution in [2.75, 3.05) is 25.2 Å². The number of rotatable bonds is 7. The average molecular weight is 253 g/mol. The Balaban J connectivity index is 2.39. The predicted molar refractivity (Wildman–Crippen MR) is 73.6 cm³/mol. The fourth-order valence-corrected chi connectivity index (χ4v) is 2.30. The van der Waals surface area contributed by atoms with Crippen LogP contribution in [0.2, 0.25) is 0 Å². The van der Waals surface area contributed by atoms with Crippen molar-refractivity contribution in [3.8, 4) is 5.75 Å². The van der Waals surface area contributed by atoms with Gasteiger partial charge in [0, 0.05) is 22.3 Å². The minimum absolute atomic E-state index is 0.589. The van der Waals surface area contributed by atoms with Crippen molar-refractivity contribution in [3.63, 3.8) is 0 Å². The Morgan fingerprint density at radius 1 is 1.35 bits per heavy atom. The highest BCUT2D eigenvalue weighted by atomic mass is 32.2. The highest BCUT2D eigenvalue weighted by Gasteiger charge is 1.95. The molecule has 2 N–H and O–H groups in total. The molecule has 1 aromatic rings. The normalized spacial score (nSPS) is 12.8. The molecule has 0 radical (unpaired) electrons. The first-order chi connectivity index (χ1) is 8.26. The van der Waals surface area contributed by atoms with Gasteiger partial charge in [-0.3, -0.25) is 4.21 Å². The van der Waals surface area contributed by atoms with E-state index >= 15 is 0 Å². The highest BCUT2D eigenvalue weighted by molar-refractivity contribution is 7.85. The van der Waals surface area contributed by atoms with Crippen molar-refractivity contribution in [1.82, 2.24) is 0 Å². The van der Waals surface area contributed by atoms with Crippen LogP contribution in [0.1, 0.15) is 12.0 Å². The second-order valence-corrected chi connectivity index (χ2v) is 5.25. The Hall–Kier alpha value is -1.13. The molecule has 94 valence electrons. The number of hydrogen-bond donors (Lipinski definition) is 1. The molecular formula is C13H19NO2S. The Labute approximate surface area is 105 Å². The Bertz CT molecular complexity index is 374. The van der Waals surface area contributed by atoms with Crippen LogP contribution in [0.15, 0.2) is 30.3 Å². The van der Waals surface area contributed by atoms with Crippen LogP contribution in [0.25, 0.3) is 6.08 Å². The molecule has 0 saturated heterocycles. The molecule has 1 unspecified atom stereocenters. The summed E-state index contributed by atoms with van der Waals surface area (Å²) < 4.78 is 16.5. The van der Waals surface area contributed by atoms with Crippen molar-refractivity contribution in [2.45, 2.75) is 6.42 Å². The second-order valence-electron chi connectivity index (χ2n) is 3.63. The van der Waals surface area contributed by atoms with Crippen LogP contribution >= 0.6 is 0 Å².